The molecule has 0 aliphatic heterocycles. The summed E-state index contributed by atoms with van der Waals surface area (Å²) in [6, 6.07) is 14.1. The third-order valence-corrected chi connectivity index (χ3v) is 4.46. The van der Waals surface area contributed by atoms with E-state index in [9.17, 15) is 4.79 Å². The van der Waals surface area contributed by atoms with Crippen molar-refractivity contribution in [1.82, 2.24) is 4.57 Å². The molecule has 0 atom stereocenters. The van der Waals surface area contributed by atoms with E-state index in [2.05, 4.69) is 30.5 Å². The highest BCUT2D eigenvalue weighted by Crippen LogP contribution is 2.24. The fourth-order valence-electron chi connectivity index (χ4n) is 2.95. The Bertz CT molecular complexity index is 861. The number of aromatic nitrogens is 1. The minimum Gasteiger partial charge on any atom is -0.492 e. The molecule has 3 heteroatoms. The molecule has 0 bridgehead atoms. The minimum atomic E-state index is 0.570. The largest absolute Gasteiger partial charge is 0.492 e. The second kappa shape index (κ2) is 6.29. The molecule has 0 fully saturated rings. The number of benzene rings is 2. The van der Waals surface area contributed by atoms with Gasteiger partial charge in [0, 0.05) is 22.2 Å². The molecule has 1 heterocycles. The van der Waals surface area contributed by atoms with E-state index in [1.807, 2.05) is 37.3 Å². The lowest BCUT2D eigenvalue weighted by molar-refractivity contribution is 0.112. The average molecular weight is 307 g/mol. The van der Waals surface area contributed by atoms with E-state index < -0.39 is 0 Å². The second-order valence-electron chi connectivity index (χ2n) is 5.88. The first-order valence-corrected chi connectivity index (χ1v) is 7.85. The van der Waals surface area contributed by atoms with Gasteiger partial charge in [-0.05, 0) is 50.1 Å². The number of carbonyl (C=O) groups is 1. The van der Waals surface area contributed by atoms with Gasteiger partial charge in [0.2, 0.25) is 0 Å². The predicted molar refractivity (Wildman–Crippen MR) is 93.5 cm³/mol. The Morgan fingerprint density at radius 3 is 2.57 bits per heavy atom. The highest BCUT2D eigenvalue weighted by Gasteiger charge is 2.12. The van der Waals surface area contributed by atoms with Gasteiger partial charge < -0.3 is 9.30 Å². The van der Waals surface area contributed by atoms with Crippen molar-refractivity contribution >= 4 is 17.2 Å². The zero-order valence-corrected chi connectivity index (χ0v) is 13.8. The van der Waals surface area contributed by atoms with Crippen molar-refractivity contribution in [3.05, 3.63) is 64.8 Å². The standard InChI is InChI=1S/C20H21NO2/c1-14-8-9-17(12-15(14)2)23-11-10-21-16(3)19(13-22)18-6-4-5-7-20(18)21/h4-9,12-13H,10-11H2,1-3H3. The van der Waals surface area contributed by atoms with Gasteiger partial charge in [0.05, 0.1) is 6.54 Å². The molecule has 0 saturated carbocycles. The van der Waals surface area contributed by atoms with E-state index >= 15 is 0 Å². The quantitative estimate of drug-likeness (QED) is 0.652. The molecule has 3 aromatic rings. The summed E-state index contributed by atoms with van der Waals surface area (Å²) in [4.78, 5) is 11.4. The van der Waals surface area contributed by atoms with Crippen molar-refractivity contribution in [1.29, 1.82) is 0 Å². The number of fused-ring (bicyclic) bond motifs is 1. The summed E-state index contributed by atoms with van der Waals surface area (Å²) in [6.45, 7) is 7.45. The van der Waals surface area contributed by atoms with Gasteiger partial charge >= 0.3 is 0 Å². The molecule has 3 rings (SSSR count). The maximum atomic E-state index is 11.4. The lowest BCUT2D eigenvalue weighted by atomic mass is 10.1. The number of rotatable bonds is 5. The number of ether oxygens (including phenoxy) is 1. The summed E-state index contributed by atoms with van der Waals surface area (Å²) >= 11 is 0. The summed E-state index contributed by atoms with van der Waals surface area (Å²) in [5.74, 6) is 0.887. The van der Waals surface area contributed by atoms with E-state index in [1.54, 1.807) is 0 Å². The molecule has 0 amide bonds. The third kappa shape index (κ3) is 2.87. The summed E-state index contributed by atoms with van der Waals surface area (Å²) < 4.78 is 8.04. The van der Waals surface area contributed by atoms with Gasteiger partial charge in [-0.25, -0.2) is 0 Å². The SMILES string of the molecule is Cc1ccc(OCCn2c(C)c(C=O)c3ccccc32)cc1C. The van der Waals surface area contributed by atoms with Crippen LogP contribution in [-0.2, 0) is 6.54 Å². The summed E-state index contributed by atoms with van der Waals surface area (Å²) in [5.41, 5.74) is 5.33. The molecular formula is C20H21NO2. The zero-order valence-electron chi connectivity index (χ0n) is 13.8. The van der Waals surface area contributed by atoms with Crippen LogP contribution in [0.2, 0.25) is 0 Å². The van der Waals surface area contributed by atoms with Crippen molar-refractivity contribution < 1.29 is 9.53 Å². The normalized spacial score (nSPS) is 10.9. The molecule has 0 radical (unpaired) electrons. The molecule has 0 N–H and O–H groups in total. The highest BCUT2D eigenvalue weighted by molar-refractivity contribution is 5.99. The maximum Gasteiger partial charge on any atom is 0.152 e. The monoisotopic (exact) mass is 307 g/mol. The van der Waals surface area contributed by atoms with Crippen LogP contribution in [0, 0.1) is 20.8 Å². The van der Waals surface area contributed by atoms with Crippen LogP contribution in [0.4, 0.5) is 0 Å². The van der Waals surface area contributed by atoms with E-state index in [1.165, 1.54) is 11.1 Å². The number of para-hydroxylation sites is 1. The summed E-state index contributed by atoms with van der Waals surface area (Å²) in [5, 5.41) is 1.01. The van der Waals surface area contributed by atoms with Crippen LogP contribution in [0.15, 0.2) is 42.5 Å². The molecule has 2 aromatic carbocycles. The molecule has 1 aromatic heterocycles. The van der Waals surface area contributed by atoms with Gasteiger partial charge in [-0.3, -0.25) is 4.79 Å². The summed E-state index contributed by atoms with van der Waals surface area (Å²) in [7, 11) is 0. The predicted octanol–water partition coefficient (Wildman–Crippen LogP) is 4.46. The highest BCUT2D eigenvalue weighted by atomic mass is 16.5. The van der Waals surface area contributed by atoms with Crippen molar-refractivity contribution in [2.24, 2.45) is 0 Å². The van der Waals surface area contributed by atoms with Gasteiger partial charge in [-0.1, -0.05) is 24.3 Å². The smallest absolute Gasteiger partial charge is 0.152 e. The second-order valence-corrected chi connectivity index (χ2v) is 5.88. The fourth-order valence-corrected chi connectivity index (χ4v) is 2.95. The van der Waals surface area contributed by atoms with Crippen LogP contribution in [0.25, 0.3) is 10.9 Å². The zero-order chi connectivity index (χ0) is 16.4. The number of aldehydes is 1. The summed E-state index contributed by atoms with van der Waals surface area (Å²) in [6.07, 6.45) is 0.943. The molecule has 0 spiro atoms. The Morgan fingerprint density at radius 2 is 1.83 bits per heavy atom. The van der Waals surface area contributed by atoms with Crippen molar-refractivity contribution in [2.75, 3.05) is 6.61 Å². The first-order valence-electron chi connectivity index (χ1n) is 7.85. The number of nitrogens with zero attached hydrogens (tertiary/aromatic N) is 1. The first-order chi connectivity index (χ1) is 11.1. The Kier molecular flexibility index (Phi) is 4.20. The average Bonchev–Trinajstić information content (AvgIpc) is 2.82. The topological polar surface area (TPSA) is 31.2 Å². The van der Waals surface area contributed by atoms with Crippen LogP contribution < -0.4 is 4.74 Å². The lowest BCUT2D eigenvalue weighted by Crippen LogP contribution is -2.09. The van der Waals surface area contributed by atoms with Crippen LogP contribution in [0.5, 0.6) is 5.75 Å². The molecule has 0 unspecified atom stereocenters. The molecule has 23 heavy (non-hydrogen) atoms. The van der Waals surface area contributed by atoms with Crippen molar-refractivity contribution in [3.8, 4) is 5.75 Å². The fraction of sp³-hybridized carbons (Fsp3) is 0.250. The minimum absolute atomic E-state index is 0.570. The number of hydrogen-bond donors (Lipinski definition) is 0. The Morgan fingerprint density at radius 1 is 1.04 bits per heavy atom. The number of carbonyl (C=O) groups excluding carboxylic acids is 1. The molecule has 0 aliphatic rings. The lowest BCUT2D eigenvalue weighted by Gasteiger charge is -2.11. The Balaban J connectivity index is 1.80. The molecular weight excluding hydrogens is 286 g/mol. The Labute approximate surface area is 136 Å². The molecule has 0 aliphatic carbocycles. The van der Waals surface area contributed by atoms with E-state index in [0.717, 1.165) is 34.2 Å². The van der Waals surface area contributed by atoms with Gasteiger partial charge in [-0.15, -0.1) is 0 Å². The van der Waals surface area contributed by atoms with Gasteiger partial charge in [0.1, 0.15) is 12.4 Å². The van der Waals surface area contributed by atoms with Crippen molar-refractivity contribution in [3.63, 3.8) is 0 Å². The molecule has 118 valence electrons. The van der Waals surface area contributed by atoms with Gasteiger partial charge in [-0.2, -0.15) is 0 Å². The van der Waals surface area contributed by atoms with Crippen LogP contribution in [-0.4, -0.2) is 17.5 Å². The molecule has 0 saturated heterocycles. The van der Waals surface area contributed by atoms with Crippen LogP contribution >= 0.6 is 0 Å². The van der Waals surface area contributed by atoms with E-state index in [-0.39, 0.29) is 0 Å². The maximum absolute atomic E-state index is 11.4. The van der Waals surface area contributed by atoms with E-state index in [4.69, 9.17) is 4.74 Å². The first kappa shape index (κ1) is 15.3. The van der Waals surface area contributed by atoms with Crippen LogP contribution in [0.3, 0.4) is 0 Å². The number of hydrogen-bond acceptors (Lipinski definition) is 2. The van der Waals surface area contributed by atoms with Crippen LogP contribution in [0.1, 0.15) is 27.2 Å². The third-order valence-electron chi connectivity index (χ3n) is 4.46. The van der Waals surface area contributed by atoms with Crippen molar-refractivity contribution in [2.45, 2.75) is 27.3 Å². The van der Waals surface area contributed by atoms with Gasteiger partial charge in [0.25, 0.3) is 0 Å². The molecule has 3 nitrogen and oxygen atoms in total. The Hall–Kier alpha value is -2.55. The number of aryl methyl sites for hydroxylation is 2. The van der Waals surface area contributed by atoms with Gasteiger partial charge in [0.15, 0.2) is 6.29 Å². The van der Waals surface area contributed by atoms with E-state index in [0.29, 0.717) is 13.2 Å².